The van der Waals surface area contributed by atoms with Gasteiger partial charge in [-0.05, 0) is 43.3 Å². The van der Waals surface area contributed by atoms with E-state index in [1.54, 1.807) is 12.1 Å². The molecule has 0 radical (unpaired) electrons. The SMILES string of the molecule is NCCCNCc1ccc(-c2cnc(NC(=O)Nc3cccc(Cl)c3F)[nH]c2=O)cc1F. The maximum absolute atomic E-state index is 14.4. The molecule has 0 unspecified atom stereocenters. The number of carbonyl (C=O) groups is 1. The number of nitrogens with zero attached hydrogens (tertiary/aromatic N) is 1. The van der Waals surface area contributed by atoms with E-state index in [1.807, 2.05) is 0 Å². The molecule has 2 aromatic carbocycles. The summed E-state index contributed by atoms with van der Waals surface area (Å²) in [5.74, 6) is -1.42. The summed E-state index contributed by atoms with van der Waals surface area (Å²) in [7, 11) is 0. The topological polar surface area (TPSA) is 125 Å². The Kier molecular flexibility index (Phi) is 7.87. The van der Waals surface area contributed by atoms with Gasteiger partial charge < -0.3 is 16.4 Å². The van der Waals surface area contributed by atoms with Gasteiger partial charge >= 0.3 is 6.03 Å². The van der Waals surface area contributed by atoms with Crippen molar-refractivity contribution in [3.8, 4) is 11.1 Å². The van der Waals surface area contributed by atoms with Crippen LogP contribution in [-0.2, 0) is 6.54 Å². The number of nitrogens with two attached hydrogens (primary N) is 1. The maximum atomic E-state index is 14.4. The van der Waals surface area contributed by atoms with Crippen LogP contribution in [0.1, 0.15) is 12.0 Å². The smallest absolute Gasteiger partial charge is 0.326 e. The third-order valence-electron chi connectivity index (χ3n) is 4.47. The molecule has 168 valence electrons. The monoisotopic (exact) mass is 462 g/mol. The minimum absolute atomic E-state index is 0.124. The Labute approximate surface area is 187 Å². The predicted octanol–water partition coefficient (Wildman–Crippen LogP) is 3.45. The summed E-state index contributed by atoms with van der Waals surface area (Å²) in [6.45, 7) is 1.56. The first-order valence-corrected chi connectivity index (χ1v) is 10.1. The van der Waals surface area contributed by atoms with Crippen molar-refractivity contribution in [2.75, 3.05) is 23.7 Å². The zero-order valence-electron chi connectivity index (χ0n) is 16.8. The quantitative estimate of drug-likeness (QED) is 0.328. The number of aromatic nitrogens is 2. The highest BCUT2D eigenvalue weighted by atomic mass is 35.5. The van der Waals surface area contributed by atoms with Crippen molar-refractivity contribution < 1.29 is 13.6 Å². The van der Waals surface area contributed by atoms with Crippen molar-refractivity contribution in [3.63, 3.8) is 0 Å². The number of halogens is 3. The van der Waals surface area contributed by atoms with E-state index in [2.05, 4.69) is 25.9 Å². The molecule has 11 heteroatoms. The van der Waals surface area contributed by atoms with Crippen LogP contribution in [0.15, 0.2) is 47.4 Å². The lowest BCUT2D eigenvalue weighted by Gasteiger charge is -2.09. The molecule has 3 aromatic rings. The Morgan fingerprint density at radius 1 is 1.19 bits per heavy atom. The number of carbonyl (C=O) groups excluding carboxylic acids is 1. The normalized spacial score (nSPS) is 10.8. The first-order chi connectivity index (χ1) is 15.4. The molecule has 0 aliphatic heterocycles. The van der Waals surface area contributed by atoms with Gasteiger partial charge in [-0.1, -0.05) is 29.8 Å². The number of hydrogen-bond acceptors (Lipinski definition) is 5. The van der Waals surface area contributed by atoms with E-state index in [4.69, 9.17) is 17.3 Å². The Morgan fingerprint density at radius 3 is 2.72 bits per heavy atom. The molecule has 0 saturated heterocycles. The second-order valence-electron chi connectivity index (χ2n) is 6.78. The van der Waals surface area contributed by atoms with Gasteiger partial charge in [-0.3, -0.25) is 15.1 Å². The summed E-state index contributed by atoms with van der Waals surface area (Å²) in [4.78, 5) is 30.9. The van der Waals surface area contributed by atoms with E-state index in [0.29, 0.717) is 30.8 Å². The largest absolute Gasteiger partial charge is 0.330 e. The van der Waals surface area contributed by atoms with Crippen LogP contribution >= 0.6 is 11.6 Å². The molecule has 6 N–H and O–H groups in total. The minimum atomic E-state index is -0.834. The van der Waals surface area contributed by atoms with Crippen molar-refractivity contribution in [2.24, 2.45) is 5.73 Å². The summed E-state index contributed by atoms with van der Waals surface area (Å²) in [5, 5.41) is 7.50. The maximum Gasteiger partial charge on any atom is 0.326 e. The number of aromatic amines is 1. The predicted molar refractivity (Wildman–Crippen MR) is 120 cm³/mol. The van der Waals surface area contributed by atoms with Gasteiger partial charge in [-0.15, -0.1) is 0 Å². The number of hydrogen-bond donors (Lipinski definition) is 5. The Hall–Kier alpha value is -3.34. The molecule has 0 bridgehead atoms. The average molecular weight is 463 g/mol. The van der Waals surface area contributed by atoms with Crippen LogP contribution in [0.2, 0.25) is 5.02 Å². The molecule has 1 heterocycles. The lowest BCUT2D eigenvalue weighted by atomic mass is 10.1. The highest BCUT2D eigenvalue weighted by Crippen LogP contribution is 2.22. The van der Waals surface area contributed by atoms with Gasteiger partial charge in [0.1, 0.15) is 5.82 Å². The average Bonchev–Trinajstić information content (AvgIpc) is 2.75. The van der Waals surface area contributed by atoms with E-state index in [1.165, 1.54) is 30.5 Å². The fourth-order valence-corrected chi connectivity index (χ4v) is 3.01. The molecule has 1 aromatic heterocycles. The lowest BCUT2D eigenvalue weighted by Crippen LogP contribution is -2.24. The minimum Gasteiger partial charge on any atom is -0.330 e. The third-order valence-corrected chi connectivity index (χ3v) is 4.76. The van der Waals surface area contributed by atoms with Gasteiger partial charge in [0, 0.05) is 18.3 Å². The molecule has 0 aliphatic carbocycles. The lowest BCUT2D eigenvalue weighted by molar-refractivity contribution is 0.262. The Bertz CT molecular complexity index is 1170. The summed E-state index contributed by atoms with van der Waals surface area (Å²) in [6.07, 6.45) is 2.00. The van der Waals surface area contributed by atoms with Gasteiger partial charge in [-0.25, -0.2) is 18.6 Å². The molecule has 0 aliphatic rings. The van der Waals surface area contributed by atoms with E-state index >= 15 is 0 Å². The first-order valence-electron chi connectivity index (χ1n) is 9.70. The van der Waals surface area contributed by atoms with Gasteiger partial charge in [0.05, 0.1) is 16.3 Å². The van der Waals surface area contributed by atoms with Crippen LogP contribution in [-0.4, -0.2) is 29.1 Å². The number of amides is 2. The molecule has 0 saturated carbocycles. The molecule has 8 nitrogen and oxygen atoms in total. The summed E-state index contributed by atoms with van der Waals surface area (Å²) < 4.78 is 28.3. The molecular weight excluding hydrogens is 442 g/mol. The van der Waals surface area contributed by atoms with Gasteiger partial charge in [0.15, 0.2) is 5.82 Å². The zero-order chi connectivity index (χ0) is 23.1. The molecule has 2 amide bonds. The molecular formula is C21H21ClF2N6O2. The van der Waals surface area contributed by atoms with Gasteiger partial charge in [-0.2, -0.15) is 0 Å². The fourth-order valence-electron chi connectivity index (χ4n) is 2.83. The van der Waals surface area contributed by atoms with Crippen molar-refractivity contribution in [2.45, 2.75) is 13.0 Å². The number of benzene rings is 2. The van der Waals surface area contributed by atoms with Crippen molar-refractivity contribution in [3.05, 3.63) is 75.2 Å². The van der Waals surface area contributed by atoms with Gasteiger partial charge in [0.25, 0.3) is 5.56 Å². The molecule has 32 heavy (non-hydrogen) atoms. The third kappa shape index (κ3) is 5.88. The highest BCUT2D eigenvalue weighted by Gasteiger charge is 2.13. The molecule has 0 fully saturated rings. The number of nitrogens with one attached hydrogen (secondary N) is 4. The Morgan fingerprint density at radius 2 is 2.00 bits per heavy atom. The Balaban J connectivity index is 1.68. The second-order valence-corrected chi connectivity index (χ2v) is 7.19. The zero-order valence-corrected chi connectivity index (χ0v) is 17.6. The van der Waals surface area contributed by atoms with Crippen LogP contribution in [0.3, 0.4) is 0 Å². The van der Waals surface area contributed by atoms with E-state index < -0.39 is 23.2 Å². The van der Waals surface area contributed by atoms with Crippen LogP contribution in [0.5, 0.6) is 0 Å². The second kappa shape index (κ2) is 10.8. The summed E-state index contributed by atoms with van der Waals surface area (Å²) in [6, 6.07) is 7.73. The summed E-state index contributed by atoms with van der Waals surface area (Å²) in [5.41, 5.74) is 5.61. The number of anilines is 2. The standard InChI is InChI=1S/C21H21ClF2N6O2/c22-15-3-1-4-17(18(15)24)28-21(32)30-20-27-11-14(19(31)29-20)12-5-6-13(16(23)9-12)10-26-8-2-7-25/h1,3-6,9,11,26H,2,7-8,10,25H2,(H3,27,28,29,30,31,32). The first kappa shape index (κ1) is 23.3. The van der Waals surface area contributed by atoms with Crippen LogP contribution in [0, 0.1) is 11.6 Å². The van der Waals surface area contributed by atoms with Gasteiger partial charge in [0.2, 0.25) is 5.95 Å². The van der Waals surface area contributed by atoms with E-state index in [9.17, 15) is 18.4 Å². The van der Waals surface area contributed by atoms with Crippen LogP contribution in [0.4, 0.5) is 25.2 Å². The van der Waals surface area contributed by atoms with E-state index in [0.717, 1.165) is 6.42 Å². The molecule has 0 atom stereocenters. The van der Waals surface area contributed by atoms with Crippen LogP contribution in [0.25, 0.3) is 11.1 Å². The number of urea groups is 1. The number of H-pyrrole nitrogens is 1. The highest BCUT2D eigenvalue weighted by molar-refractivity contribution is 6.31. The molecule has 3 rings (SSSR count). The molecule has 0 spiro atoms. The summed E-state index contributed by atoms with van der Waals surface area (Å²) >= 11 is 5.67. The van der Waals surface area contributed by atoms with Crippen LogP contribution < -0.4 is 27.2 Å². The van der Waals surface area contributed by atoms with Crippen molar-refractivity contribution >= 4 is 29.3 Å². The van der Waals surface area contributed by atoms with Crippen molar-refractivity contribution in [1.29, 1.82) is 0 Å². The van der Waals surface area contributed by atoms with Crippen molar-refractivity contribution in [1.82, 2.24) is 15.3 Å². The number of rotatable bonds is 8. The fraction of sp³-hybridized carbons (Fsp3) is 0.190. The van der Waals surface area contributed by atoms with E-state index in [-0.39, 0.29) is 22.2 Å².